The number of carbonyl (C=O) groups excluding carboxylic acids is 1. The number of benzene rings is 3. The SMILES string of the molecule is Cc1ccc(F)cc1NC(=O)c1ccc2ccccc2c1. The molecule has 104 valence electrons. The first kappa shape index (κ1) is 13.3. The topological polar surface area (TPSA) is 29.1 Å². The molecule has 0 atom stereocenters. The lowest BCUT2D eigenvalue weighted by atomic mass is 10.1. The van der Waals surface area contributed by atoms with Crippen molar-refractivity contribution in [2.45, 2.75) is 6.92 Å². The van der Waals surface area contributed by atoms with Crippen LogP contribution in [0, 0.1) is 12.7 Å². The van der Waals surface area contributed by atoms with Gasteiger partial charge in [0.05, 0.1) is 0 Å². The normalized spacial score (nSPS) is 10.6. The second kappa shape index (κ2) is 5.37. The Balaban J connectivity index is 1.91. The molecule has 0 heterocycles. The molecule has 0 aliphatic carbocycles. The van der Waals surface area contributed by atoms with Gasteiger partial charge in [-0.2, -0.15) is 0 Å². The molecule has 21 heavy (non-hydrogen) atoms. The van der Waals surface area contributed by atoms with Gasteiger partial charge in [0.1, 0.15) is 5.82 Å². The number of rotatable bonds is 2. The lowest BCUT2D eigenvalue weighted by Gasteiger charge is -2.09. The first-order valence-corrected chi connectivity index (χ1v) is 6.70. The zero-order chi connectivity index (χ0) is 14.8. The zero-order valence-corrected chi connectivity index (χ0v) is 11.6. The highest BCUT2D eigenvalue weighted by Gasteiger charge is 2.09. The molecule has 2 nitrogen and oxygen atoms in total. The van der Waals surface area contributed by atoms with Crippen molar-refractivity contribution in [3.8, 4) is 0 Å². The molecule has 0 saturated heterocycles. The van der Waals surface area contributed by atoms with Crippen molar-refractivity contribution in [3.05, 3.63) is 77.6 Å². The minimum atomic E-state index is -0.366. The van der Waals surface area contributed by atoms with E-state index in [0.29, 0.717) is 11.3 Å². The Morgan fingerprint density at radius 2 is 1.71 bits per heavy atom. The van der Waals surface area contributed by atoms with Gasteiger partial charge >= 0.3 is 0 Å². The largest absolute Gasteiger partial charge is 0.322 e. The van der Waals surface area contributed by atoms with Crippen LogP contribution in [0.2, 0.25) is 0 Å². The van der Waals surface area contributed by atoms with Gasteiger partial charge < -0.3 is 5.32 Å². The molecule has 0 aliphatic rings. The summed E-state index contributed by atoms with van der Waals surface area (Å²) in [4.78, 5) is 12.3. The molecule has 0 aliphatic heterocycles. The first-order chi connectivity index (χ1) is 10.1. The van der Waals surface area contributed by atoms with Gasteiger partial charge in [0.2, 0.25) is 0 Å². The standard InChI is InChI=1S/C18H14FNO/c1-12-6-9-16(19)11-17(12)20-18(21)15-8-7-13-4-2-3-5-14(13)10-15/h2-11H,1H3,(H,20,21). The van der Waals surface area contributed by atoms with Crippen molar-refractivity contribution in [2.75, 3.05) is 5.32 Å². The van der Waals surface area contributed by atoms with Gasteiger partial charge in [-0.1, -0.05) is 36.4 Å². The van der Waals surface area contributed by atoms with Gasteiger partial charge in [0.25, 0.3) is 5.91 Å². The average Bonchev–Trinajstić information content (AvgIpc) is 2.50. The van der Waals surface area contributed by atoms with Crippen LogP contribution in [-0.4, -0.2) is 5.91 Å². The van der Waals surface area contributed by atoms with Crippen LogP contribution >= 0.6 is 0 Å². The van der Waals surface area contributed by atoms with E-state index in [0.717, 1.165) is 16.3 Å². The quantitative estimate of drug-likeness (QED) is 0.733. The van der Waals surface area contributed by atoms with Crippen LogP contribution in [0.15, 0.2) is 60.7 Å². The van der Waals surface area contributed by atoms with E-state index in [1.165, 1.54) is 12.1 Å². The highest BCUT2D eigenvalue weighted by atomic mass is 19.1. The number of hydrogen-bond acceptors (Lipinski definition) is 1. The molecule has 3 rings (SSSR count). The monoisotopic (exact) mass is 279 g/mol. The summed E-state index contributed by atoms with van der Waals surface area (Å²) >= 11 is 0. The summed E-state index contributed by atoms with van der Waals surface area (Å²) in [5, 5.41) is 4.83. The fourth-order valence-electron chi connectivity index (χ4n) is 2.25. The second-order valence-corrected chi connectivity index (χ2v) is 4.98. The lowest BCUT2D eigenvalue weighted by Crippen LogP contribution is -2.12. The zero-order valence-electron chi connectivity index (χ0n) is 11.6. The molecule has 0 unspecified atom stereocenters. The third-order valence-corrected chi connectivity index (χ3v) is 3.46. The summed E-state index contributed by atoms with van der Waals surface area (Å²) in [5.41, 5.74) is 1.87. The summed E-state index contributed by atoms with van der Waals surface area (Å²) in [7, 11) is 0. The Morgan fingerprint density at radius 1 is 0.952 bits per heavy atom. The summed E-state index contributed by atoms with van der Waals surface area (Å²) in [6.07, 6.45) is 0. The van der Waals surface area contributed by atoms with Gasteiger partial charge in [-0.15, -0.1) is 0 Å². The average molecular weight is 279 g/mol. The Labute approximate surface area is 122 Å². The predicted molar refractivity (Wildman–Crippen MR) is 83.0 cm³/mol. The number of carbonyl (C=O) groups is 1. The number of fused-ring (bicyclic) bond motifs is 1. The molecular formula is C18H14FNO. The molecule has 0 spiro atoms. The summed E-state index contributed by atoms with van der Waals surface area (Å²) < 4.78 is 13.3. The Morgan fingerprint density at radius 3 is 2.52 bits per heavy atom. The number of anilines is 1. The third-order valence-electron chi connectivity index (χ3n) is 3.46. The van der Waals surface area contributed by atoms with Crippen LogP contribution in [0.1, 0.15) is 15.9 Å². The molecule has 0 bridgehead atoms. The second-order valence-electron chi connectivity index (χ2n) is 4.98. The van der Waals surface area contributed by atoms with E-state index >= 15 is 0 Å². The van der Waals surface area contributed by atoms with Crippen LogP contribution in [0.3, 0.4) is 0 Å². The van der Waals surface area contributed by atoms with E-state index in [-0.39, 0.29) is 11.7 Å². The van der Waals surface area contributed by atoms with Gasteiger partial charge in [0, 0.05) is 11.3 Å². The van der Waals surface area contributed by atoms with Crippen molar-refractivity contribution in [1.82, 2.24) is 0 Å². The number of aryl methyl sites for hydroxylation is 1. The molecule has 1 amide bonds. The highest BCUT2D eigenvalue weighted by Crippen LogP contribution is 2.19. The maximum Gasteiger partial charge on any atom is 0.255 e. The smallest absolute Gasteiger partial charge is 0.255 e. The van der Waals surface area contributed by atoms with E-state index < -0.39 is 0 Å². The minimum absolute atomic E-state index is 0.241. The van der Waals surface area contributed by atoms with Crippen LogP contribution in [0.5, 0.6) is 0 Å². The minimum Gasteiger partial charge on any atom is -0.322 e. The molecule has 0 saturated carbocycles. The van der Waals surface area contributed by atoms with Crippen LogP contribution < -0.4 is 5.32 Å². The Kier molecular flexibility index (Phi) is 3.40. The van der Waals surface area contributed by atoms with E-state index in [4.69, 9.17) is 0 Å². The molecule has 0 radical (unpaired) electrons. The van der Waals surface area contributed by atoms with E-state index in [2.05, 4.69) is 5.32 Å². The van der Waals surface area contributed by atoms with E-state index in [9.17, 15) is 9.18 Å². The van der Waals surface area contributed by atoms with Crippen molar-refractivity contribution in [1.29, 1.82) is 0 Å². The van der Waals surface area contributed by atoms with Crippen LogP contribution in [0.4, 0.5) is 10.1 Å². The molecule has 3 heteroatoms. The molecule has 0 aromatic heterocycles. The molecular weight excluding hydrogens is 265 g/mol. The third kappa shape index (κ3) is 2.77. The fraction of sp³-hybridized carbons (Fsp3) is 0.0556. The van der Waals surface area contributed by atoms with Crippen molar-refractivity contribution in [3.63, 3.8) is 0 Å². The van der Waals surface area contributed by atoms with Crippen molar-refractivity contribution >= 4 is 22.4 Å². The van der Waals surface area contributed by atoms with Gasteiger partial charge in [0.15, 0.2) is 0 Å². The molecule has 0 fully saturated rings. The number of halogens is 1. The van der Waals surface area contributed by atoms with Gasteiger partial charge in [-0.25, -0.2) is 4.39 Å². The number of amides is 1. The Bertz CT molecular complexity index is 826. The van der Waals surface area contributed by atoms with E-state index in [1.54, 1.807) is 12.1 Å². The summed E-state index contributed by atoms with van der Waals surface area (Å²) in [6, 6.07) is 17.7. The van der Waals surface area contributed by atoms with Crippen molar-refractivity contribution < 1.29 is 9.18 Å². The van der Waals surface area contributed by atoms with Crippen LogP contribution in [0.25, 0.3) is 10.8 Å². The molecule has 3 aromatic carbocycles. The molecule has 1 N–H and O–H groups in total. The highest BCUT2D eigenvalue weighted by molar-refractivity contribution is 6.06. The summed E-state index contributed by atoms with van der Waals surface area (Å²) in [6.45, 7) is 1.83. The van der Waals surface area contributed by atoms with Crippen LogP contribution in [-0.2, 0) is 0 Å². The maximum atomic E-state index is 13.3. The fourth-order valence-corrected chi connectivity index (χ4v) is 2.25. The lowest BCUT2D eigenvalue weighted by molar-refractivity contribution is 0.102. The van der Waals surface area contributed by atoms with Crippen molar-refractivity contribution in [2.24, 2.45) is 0 Å². The maximum absolute atomic E-state index is 13.3. The van der Waals surface area contributed by atoms with Gasteiger partial charge in [-0.05, 0) is 47.5 Å². The number of nitrogens with one attached hydrogen (secondary N) is 1. The first-order valence-electron chi connectivity index (χ1n) is 6.70. The Hall–Kier alpha value is -2.68. The van der Waals surface area contributed by atoms with Gasteiger partial charge in [-0.3, -0.25) is 4.79 Å². The van der Waals surface area contributed by atoms with E-state index in [1.807, 2.05) is 43.3 Å². The molecule has 3 aromatic rings. The predicted octanol–water partition coefficient (Wildman–Crippen LogP) is 4.54. The number of hydrogen-bond donors (Lipinski definition) is 1. The summed E-state index contributed by atoms with van der Waals surface area (Å²) in [5.74, 6) is -0.608.